The molecule has 1 saturated heterocycles. The van der Waals surface area contributed by atoms with Crippen molar-refractivity contribution >= 4 is 40.7 Å². The van der Waals surface area contributed by atoms with Gasteiger partial charge in [0.2, 0.25) is 0 Å². The normalized spacial score (nSPS) is 16.6. The summed E-state index contributed by atoms with van der Waals surface area (Å²) in [6.45, 7) is 2.13. The molecular weight excluding hydrogens is 529 g/mol. The van der Waals surface area contributed by atoms with E-state index in [2.05, 4.69) is 0 Å². The van der Waals surface area contributed by atoms with E-state index in [4.69, 9.17) is 37.4 Å². The topological polar surface area (TPSA) is 85.3 Å². The summed E-state index contributed by atoms with van der Waals surface area (Å²) in [6, 6.07) is 15.0. The van der Waals surface area contributed by atoms with Gasteiger partial charge in [-0.15, -0.1) is 0 Å². The second kappa shape index (κ2) is 11.4. The van der Waals surface area contributed by atoms with Gasteiger partial charge in [-0.25, -0.2) is 0 Å². The lowest BCUT2D eigenvalue weighted by Crippen LogP contribution is -2.31. The van der Waals surface area contributed by atoms with Crippen LogP contribution in [0.25, 0.3) is 5.76 Å². The van der Waals surface area contributed by atoms with E-state index in [1.54, 1.807) is 20.3 Å². The first-order valence-electron chi connectivity index (χ1n) is 11.8. The number of benzene rings is 3. The number of rotatable bonds is 8. The van der Waals surface area contributed by atoms with Gasteiger partial charge in [-0.05, 0) is 48.7 Å². The summed E-state index contributed by atoms with van der Waals surface area (Å²) in [7, 11) is 4.50. The zero-order chi connectivity index (χ0) is 27.6. The Morgan fingerprint density at radius 2 is 1.68 bits per heavy atom. The van der Waals surface area contributed by atoms with Crippen molar-refractivity contribution in [3.8, 4) is 17.2 Å². The molecule has 1 N–H and O–H groups in total. The molecule has 4 rings (SSSR count). The van der Waals surface area contributed by atoms with Crippen molar-refractivity contribution in [2.24, 2.45) is 0 Å². The summed E-state index contributed by atoms with van der Waals surface area (Å²) in [5.41, 5.74) is 2.57. The molecule has 0 saturated carbocycles. The Morgan fingerprint density at radius 1 is 0.947 bits per heavy atom. The molecule has 1 unspecified atom stereocenters. The number of methoxy groups -OCH3 is 3. The molecule has 1 fully saturated rings. The second-order valence-corrected chi connectivity index (χ2v) is 9.66. The number of likely N-dealkylation sites (tertiary alicyclic amines) is 1. The second-order valence-electron chi connectivity index (χ2n) is 8.81. The molecule has 3 aromatic carbocycles. The van der Waals surface area contributed by atoms with E-state index in [9.17, 15) is 14.7 Å². The smallest absolute Gasteiger partial charge is 0.295 e. The first-order valence-corrected chi connectivity index (χ1v) is 12.5. The molecule has 198 valence electrons. The van der Waals surface area contributed by atoms with Crippen LogP contribution >= 0.6 is 23.2 Å². The quantitative estimate of drug-likeness (QED) is 0.208. The lowest BCUT2D eigenvalue weighted by Gasteiger charge is -2.26. The maximum Gasteiger partial charge on any atom is 0.295 e. The number of carbonyl (C=O) groups excluding carboxylic acids is 2. The molecule has 1 aliphatic heterocycles. The molecule has 3 aromatic rings. The average Bonchev–Trinajstić information content (AvgIpc) is 3.15. The van der Waals surface area contributed by atoms with Gasteiger partial charge in [-0.2, -0.15) is 0 Å². The summed E-state index contributed by atoms with van der Waals surface area (Å²) in [5, 5.41) is 11.9. The molecule has 1 heterocycles. The van der Waals surface area contributed by atoms with Gasteiger partial charge >= 0.3 is 0 Å². The zero-order valence-electron chi connectivity index (χ0n) is 21.4. The number of hydrogen-bond donors (Lipinski definition) is 1. The van der Waals surface area contributed by atoms with Crippen molar-refractivity contribution in [2.75, 3.05) is 27.9 Å². The van der Waals surface area contributed by atoms with Crippen molar-refractivity contribution in [1.82, 2.24) is 4.90 Å². The number of aliphatic hydroxyl groups excluding tert-OH is 1. The van der Waals surface area contributed by atoms with Crippen LogP contribution in [0.2, 0.25) is 10.0 Å². The Labute approximate surface area is 231 Å². The Balaban J connectivity index is 1.82. The average molecular weight is 556 g/mol. The van der Waals surface area contributed by atoms with Gasteiger partial charge in [-0.1, -0.05) is 59.1 Å². The maximum atomic E-state index is 13.4. The summed E-state index contributed by atoms with van der Waals surface area (Å²) in [5.74, 6) is -0.638. The van der Waals surface area contributed by atoms with Crippen molar-refractivity contribution in [1.29, 1.82) is 0 Å². The highest BCUT2D eigenvalue weighted by atomic mass is 35.5. The summed E-state index contributed by atoms with van der Waals surface area (Å²) < 4.78 is 16.1. The number of ether oxygens (including phenoxy) is 3. The monoisotopic (exact) mass is 555 g/mol. The largest absolute Gasteiger partial charge is 0.507 e. The molecule has 1 aliphatic rings. The van der Waals surface area contributed by atoms with Crippen molar-refractivity contribution < 1.29 is 28.9 Å². The minimum absolute atomic E-state index is 0.0652. The molecule has 1 atom stereocenters. The number of amides is 1. The van der Waals surface area contributed by atoms with Crippen molar-refractivity contribution in [3.05, 3.63) is 92.5 Å². The highest BCUT2D eigenvalue weighted by Gasteiger charge is 2.46. The van der Waals surface area contributed by atoms with Crippen LogP contribution in [0.15, 0.2) is 60.2 Å². The maximum absolute atomic E-state index is 13.4. The lowest BCUT2D eigenvalue weighted by molar-refractivity contribution is -0.139. The van der Waals surface area contributed by atoms with Crippen LogP contribution < -0.4 is 14.2 Å². The van der Waals surface area contributed by atoms with Gasteiger partial charge in [0.25, 0.3) is 11.7 Å². The fraction of sp³-hybridized carbons (Fsp3) is 0.241. The highest BCUT2D eigenvalue weighted by molar-refractivity contribution is 6.46. The van der Waals surface area contributed by atoms with Crippen molar-refractivity contribution in [3.63, 3.8) is 0 Å². The molecule has 0 radical (unpaired) electrons. The summed E-state index contributed by atoms with van der Waals surface area (Å²) in [6.07, 6.45) is 0.433. The molecule has 0 bridgehead atoms. The standard InChI is InChI=1S/C29H27Cl2NO6/c1-16-6-5-7-18(12-16)25-24(26(33)20-14-19(30)15-21(31)28(20)38-4)27(34)29(35)32(25)11-10-17-8-9-22(36-2)23(13-17)37-3/h5-9,12-15,25,33H,10-11H2,1-4H3/b26-24+. The number of ketones is 1. The number of nitrogens with zero attached hydrogens (tertiary/aromatic N) is 1. The Kier molecular flexibility index (Phi) is 8.19. The number of Topliss-reactive ketones (excluding diaryl/α,β-unsaturated/α-hetero) is 1. The van der Waals surface area contributed by atoms with Crippen molar-refractivity contribution in [2.45, 2.75) is 19.4 Å². The van der Waals surface area contributed by atoms with Gasteiger partial charge in [-0.3, -0.25) is 9.59 Å². The molecule has 9 heteroatoms. The van der Waals surface area contributed by atoms with Crippen LogP contribution in [0.4, 0.5) is 0 Å². The number of aryl methyl sites for hydroxylation is 1. The summed E-state index contributed by atoms with van der Waals surface area (Å²) in [4.78, 5) is 28.2. The van der Waals surface area contributed by atoms with E-state index in [0.717, 1.165) is 11.1 Å². The zero-order valence-corrected chi connectivity index (χ0v) is 22.9. The fourth-order valence-electron chi connectivity index (χ4n) is 4.67. The third kappa shape index (κ3) is 5.17. The number of aliphatic hydroxyl groups is 1. The van der Waals surface area contributed by atoms with Crippen LogP contribution in [0.1, 0.15) is 28.3 Å². The van der Waals surface area contributed by atoms with Gasteiger partial charge in [0, 0.05) is 11.6 Å². The van der Waals surface area contributed by atoms with Crippen LogP contribution in [0.5, 0.6) is 17.2 Å². The SMILES string of the molecule is COc1ccc(CCN2C(=O)C(=O)/C(=C(/O)c3cc(Cl)cc(Cl)c3OC)C2c2cccc(C)c2)cc1OC. The van der Waals surface area contributed by atoms with Crippen LogP contribution in [0.3, 0.4) is 0 Å². The molecule has 0 aromatic heterocycles. The molecule has 0 spiro atoms. The Morgan fingerprint density at radius 3 is 2.34 bits per heavy atom. The van der Waals surface area contributed by atoms with E-state index in [-0.39, 0.29) is 33.5 Å². The fourth-order valence-corrected chi connectivity index (χ4v) is 5.24. The summed E-state index contributed by atoms with van der Waals surface area (Å²) >= 11 is 12.5. The van der Waals surface area contributed by atoms with Crippen LogP contribution in [-0.2, 0) is 16.0 Å². The Bertz CT molecular complexity index is 1430. The van der Waals surface area contributed by atoms with E-state index >= 15 is 0 Å². The number of carbonyl (C=O) groups is 2. The van der Waals surface area contributed by atoms with E-state index in [1.165, 1.54) is 24.1 Å². The third-order valence-corrected chi connectivity index (χ3v) is 6.95. The first kappa shape index (κ1) is 27.4. The molecule has 38 heavy (non-hydrogen) atoms. The van der Waals surface area contributed by atoms with Crippen LogP contribution in [0, 0.1) is 6.92 Å². The lowest BCUT2D eigenvalue weighted by atomic mass is 9.94. The minimum Gasteiger partial charge on any atom is -0.507 e. The third-order valence-electron chi connectivity index (χ3n) is 6.45. The van der Waals surface area contributed by atoms with Gasteiger partial charge in [0.1, 0.15) is 11.5 Å². The predicted molar refractivity (Wildman–Crippen MR) is 146 cm³/mol. The first-order chi connectivity index (χ1) is 18.2. The molecule has 1 amide bonds. The van der Waals surface area contributed by atoms with Gasteiger partial charge in [0.05, 0.1) is 43.5 Å². The molecule has 7 nitrogen and oxygen atoms in total. The Hall–Kier alpha value is -3.68. The molecular formula is C29H27Cl2NO6. The van der Waals surface area contributed by atoms with Gasteiger partial charge in [0.15, 0.2) is 11.5 Å². The van der Waals surface area contributed by atoms with E-state index in [0.29, 0.717) is 23.5 Å². The van der Waals surface area contributed by atoms with Gasteiger partial charge < -0.3 is 24.2 Å². The minimum atomic E-state index is -0.836. The van der Waals surface area contributed by atoms with E-state index in [1.807, 2.05) is 43.3 Å². The predicted octanol–water partition coefficient (Wildman–Crippen LogP) is 5.99. The highest BCUT2D eigenvalue weighted by Crippen LogP contribution is 2.43. The number of hydrogen-bond acceptors (Lipinski definition) is 6. The molecule has 0 aliphatic carbocycles. The van der Waals surface area contributed by atoms with Crippen LogP contribution in [-0.4, -0.2) is 49.6 Å². The number of halogens is 2. The van der Waals surface area contributed by atoms with E-state index < -0.39 is 23.5 Å².